The number of hydrogen-bond donors (Lipinski definition) is 2. The van der Waals surface area contributed by atoms with Crippen molar-refractivity contribution in [3.05, 3.63) is 0 Å². The molecule has 16 heavy (non-hydrogen) atoms. The second kappa shape index (κ2) is 6.35. The average Bonchev–Trinajstić information content (AvgIpc) is 2.38. The first-order valence-electron chi connectivity index (χ1n) is 6.27. The molecule has 3 N–H and O–H groups in total. The highest BCUT2D eigenvalue weighted by Crippen LogP contribution is 2.20. The molecule has 2 aliphatic rings. The Kier molecular flexibility index (Phi) is 4.78. The summed E-state index contributed by atoms with van der Waals surface area (Å²) in [7, 11) is 0. The third-order valence-electron chi connectivity index (χ3n) is 3.32. The van der Waals surface area contributed by atoms with Gasteiger partial charge in [-0.1, -0.05) is 19.3 Å². The van der Waals surface area contributed by atoms with Crippen LogP contribution in [-0.2, 0) is 0 Å². The highest BCUT2D eigenvalue weighted by molar-refractivity contribution is 7.99. The first-order valence-corrected chi connectivity index (χ1v) is 7.43. The van der Waals surface area contributed by atoms with E-state index in [0.717, 1.165) is 19.0 Å². The molecular formula is C11H22N4S. The van der Waals surface area contributed by atoms with E-state index in [-0.39, 0.29) is 0 Å². The van der Waals surface area contributed by atoms with Crippen LogP contribution in [-0.4, -0.2) is 41.5 Å². The summed E-state index contributed by atoms with van der Waals surface area (Å²) in [5, 5.41) is 0. The van der Waals surface area contributed by atoms with Gasteiger partial charge in [0.15, 0.2) is 0 Å². The monoisotopic (exact) mass is 242 g/mol. The lowest BCUT2D eigenvalue weighted by molar-refractivity contribution is 0.411. The average molecular weight is 242 g/mol. The van der Waals surface area contributed by atoms with Crippen LogP contribution in [0.5, 0.6) is 0 Å². The van der Waals surface area contributed by atoms with E-state index in [0.29, 0.717) is 6.04 Å². The van der Waals surface area contributed by atoms with Crippen LogP contribution >= 0.6 is 11.8 Å². The smallest absolute Gasteiger partial charge is 0.208 e. The van der Waals surface area contributed by atoms with Gasteiger partial charge < -0.3 is 4.90 Å². The number of hydrogen-bond acceptors (Lipinski definition) is 3. The largest absolute Gasteiger partial charge is 0.340 e. The highest BCUT2D eigenvalue weighted by atomic mass is 32.2. The summed E-state index contributed by atoms with van der Waals surface area (Å²) < 4.78 is 0. The topological polar surface area (TPSA) is 53.6 Å². The van der Waals surface area contributed by atoms with Gasteiger partial charge in [-0.05, 0) is 12.8 Å². The number of hydrazine groups is 1. The zero-order valence-electron chi connectivity index (χ0n) is 9.82. The number of nitrogens with one attached hydrogen (secondary N) is 1. The highest BCUT2D eigenvalue weighted by Gasteiger charge is 2.17. The van der Waals surface area contributed by atoms with Crippen LogP contribution in [0.3, 0.4) is 0 Å². The van der Waals surface area contributed by atoms with Gasteiger partial charge in [0, 0.05) is 24.6 Å². The van der Waals surface area contributed by atoms with E-state index in [2.05, 4.69) is 10.3 Å². The molecule has 1 aliphatic heterocycles. The lowest BCUT2D eigenvalue weighted by Gasteiger charge is -2.30. The Labute approximate surface area is 102 Å². The van der Waals surface area contributed by atoms with Crippen molar-refractivity contribution < 1.29 is 0 Å². The van der Waals surface area contributed by atoms with E-state index in [1.165, 1.54) is 43.6 Å². The Morgan fingerprint density at radius 2 is 1.88 bits per heavy atom. The molecule has 1 saturated heterocycles. The summed E-state index contributed by atoms with van der Waals surface area (Å²) in [6.45, 7) is 2.14. The summed E-state index contributed by atoms with van der Waals surface area (Å²) in [6, 6.07) is 0.495. The summed E-state index contributed by atoms with van der Waals surface area (Å²) in [4.78, 5) is 7.06. The minimum Gasteiger partial charge on any atom is -0.340 e. The maximum absolute atomic E-state index is 5.59. The zero-order valence-corrected chi connectivity index (χ0v) is 10.6. The maximum atomic E-state index is 5.59. The van der Waals surface area contributed by atoms with Crippen LogP contribution in [0, 0.1) is 0 Å². The van der Waals surface area contributed by atoms with Crippen LogP contribution in [0.15, 0.2) is 4.99 Å². The standard InChI is InChI=1S/C11H22N4S/c12-14-11(15-6-8-16-9-7-15)13-10-4-2-1-3-5-10/h10H,1-9,12H2,(H,13,14). The number of aliphatic imine (C=N–C) groups is 1. The van der Waals surface area contributed by atoms with E-state index in [4.69, 9.17) is 10.8 Å². The van der Waals surface area contributed by atoms with Crippen molar-refractivity contribution in [2.45, 2.75) is 38.1 Å². The van der Waals surface area contributed by atoms with Crippen molar-refractivity contribution in [3.8, 4) is 0 Å². The normalized spacial score (nSPS) is 24.6. The summed E-state index contributed by atoms with van der Waals surface area (Å²) in [5.74, 6) is 8.87. The molecule has 0 bridgehead atoms. The fraction of sp³-hybridized carbons (Fsp3) is 0.909. The van der Waals surface area contributed by atoms with E-state index in [9.17, 15) is 0 Å². The molecule has 1 aliphatic carbocycles. The molecule has 2 rings (SSSR count). The third-order valence-corrected chi connectivity index (χ3v) is 4.26. The van der Waals surface area contributed by atoms with Gasteiger partial charge in [-0.15, -0.1) is 0 Å². The van der Waals surface area contributed by atoms with Gasteiger partial charge in [-0.2, -0.15) is 11.8 Å². The van der Waals surface area contributed by atoms with Gasteiger partial charge in [0.25, 0.3) is 0 Å². The Hall–Kier alpha value is -0.420. The maximum Gasteiger partial charge on any atom is 0.208 e. The second-order valence-electron chi connectivity index (χ2n) is 4.49. The Bertz CT molecular complexity index is 232. The fourth-order valence-corrected chi connectivity index (χ4v) is 3.27. The van der Waals surface area contributed by atoms with Gasteiger partial charge >= 0.3 is 0 Å². The fourth-order valence-electron chi connectivity index (χ4n) is 2.37. The van der Waals surface area contributed by atoms with Gasteiger partial charge in [0.2, 0.25) is 5.96 Å². The quantitative estimate of drug-likeness (QED) is 0.314. The molecule has 4 nitrogen and oxygen atoms in total. The molecule has 0 aromatic rings. The lowest BCUT2D eigenvalue weighted by Crippen LogP contribution is -2.48. The van der Waals surface area contributed by atoms with Gasteiger partial charge in [-0.3, -0.25) is 5.43 Å². The molecule has 1 heterocycles. The summed E-state index contributed by atoms with van der Waals surface area (Å²) >= 11 is 2.01. The van der Waals surface area contributed by atoms with E-state index < -0.39 is 0 Å². The molecule has 0 amide bonds. The second-order valence-corrected chi connectivity index (χ2v) is 5.71. The van der Waals surface area contributed by atoms with Gasteiger partial charge in [0.1, 0.15) is 0 Å². The van der Waals surface area contributed by atoms with E-state index >= 15 is 0 Å². The van der Waals surface area contributed by atoms with Crippen molar-refractivity contribution in [1.29, 1.82) is 0 Å². The third kappa shape index (κ3) is 3.28. The molecular weight excluding hydrogens is 220 g/mol. The molecule has 1 saturated carbocycles. The Morgan fingerprint density at radius 3 is 2.50 bits per heavy atom. The van der Waals surface area contributed by atoms with Crippen molar-refractivity contribution in [3.63, 3.8) is 0 Å². The van der Waals surface area contributed by atoms with Gasteiger partial charge in [0.05, 0.1) is 6.04 Å². The SMILES string of the molecule is NNC(=NC1CCCCC1)N1CCSCC1. The minimum atomic E-state index is 0.495. The first-order chi connectivity index (χ1) is 7.90. The van der Waals surface area contributed by atoms with Crippen molar-refractivity contribution in [2.75, 3.05) is 24.6 Å². The molecule has 0 spiro atoms. The number of thioether (sulfide) groups is 1. The van der Waals surface area contributed by atoms with E-state index in [1.54, 1.807) is 0 Å². The number of nitrogens with two attached hydrogens (primary N) is 1. The van der Waals surface area contributed by atoms with Crippen molar-refractivity contribution in [1.82, 2.24) is 10.3 Å². The van der Waals surface area contributed by atoms with Crippen LogP contribution in [0.4, 0.5) is 0 Å². The van der Waals surface area contributed by atoms with Crippen LogP contribution in [0.25, 0.3) is 0 Å². The number of guanidine groups is 1. The van der Waals surface area contributed by atoms with Crippen molar-refractivity contribution in [2.24, 2.45) is 10.8 Å². The zero-order chi connectivity index (χ0) is 11.2. The Morgan fingerprint density at radius 1 is 1.19 bits per heavy atom. The molecule has 0 atom stereocenters. The van der Waals surface area contributed by atoms with Crippen LogP contribution < -0.4 is 11.3 Å². The number of nitrogens with zero attached hydrogens (tertiary/aromatic N) is 2. The predicted molar refractivity (Wildman–Crippen MR) is 70.5 cm³/mol. The predicted octanol–water partition coefficient (Wildman–Crippen LogP) is 1.19. The molecule has 0 aromatic heterocycles. The Balaban J connectivity index is 1.93. The molecule has 2 fully saturated rings. The number of rotatable bonds is 1. The van der Waals surface area contributed by atoms with Gasteiger partial charge in [-0.25, -0.2) is 10.8 Å². The molecule has 5 heteroatoms. The lowest BCUT2D eigenvalue weighted by atomic mass is 9.96. The molecule has 0 radical (unpaired) electrons. The summed E-state index contributed by atoms with van der Waals surface area (Å²) in [5.41, 5.74) is 2.79. The first kappa shape index (κ1) is 12.0. The summed E-state index contributed by atoms with van der Waals surface area (Å²) in [6.07, 6.45) is 6.48. The minimum absolute atomic E-state index is 0.495. The molecule has 92 valence electrons. The molecule has 0 unspecified atom stereocenters. The van der Waals surface area contributed by atoms with E-state index in [1.807, 2.05) is 11.8 Å². The van der Waals surface area contributed by atoms with Crippen LogP contribution in [0.2, 0.25) is 0 Å². The molecule has 0 aromatic carbocycles. The van der Waals surface area contributed by atoms with Crippen molar-refractivity contribution >= 4 is 17.7 Å². The van der Waals surface area contributed by atoms with Crippen LogP contribution in [0.1, 0.15) is 32.1 Å².